The van der Waals surface area contributed by atoms with E-state index >= 15 is 0 Å². The fourth-order valence-corrected chi connectivity index (χ4v) is 4.67. The van der Waals surface area contributed by atoms with Crippen molar-refractivity contribution in [3.8, 4) is 0 Å². The normalized spacial score (nSPS) is 16.7. The van der Waals surface area contributed by atoms with Crippen molar-refractivity contribution < 1.29 is 4.79 Å². The summed E-state index contributed by atoms with van der Waals surface area (Å²) in [5.41, 5.74) is 3.28. The van der Waals surface area contributed by atoms with Crippen LogP contribution >= 0.6 is 11.8 Å². The highest BCUT2D eigenvalue weighted by atomic mass is 32.2. The fourth-order valence-electron chi connectivity index (χ4n) is 3.89. The lowest BCUT2D eigenvalue weighted by molar-refractivity contribution is -0.118. The van der Waals surface area contributed by atoms with Crippen molar-refractivity contribution in [2.24, 2.45) is 0 Å². The molecule has 4 rings (SSSR count). The van der Waals surface area contributed by atoms with Gasteiger partial charge in [-0.05, 0) is 50.6 Å². The quantitative estimate of drug-likeness (QED) is 0.583. The number of carbonyl (C=O) groups is 1. The molecule has 1 amide bonds. The van der Waals surface area contributed by atoms with Gasteiger partial charge in [0, 0.05) is 6.54 Å². The van der Waals surface area contributed by atoms with Gasteiger partial charge in [0.05, 0.1) is 28.1 Å². The molecular formula is C23H28N4OS. The molecule has 2 aromatic carbocycles. The largest absolute Gasteiger partial charge is 0.353 e. The average Bonchev–Trinajstić information content (AvgIpc) is 3.43. The van der Waals surface area contributed by atoms with Crippen LogP contribution in [-0.2, 0) is 4.79 Å². The summed E-state index contributed by atoms with van der Waals surface area (Å²) in [6, 6.07) is 18.8. The topological polar surface area (TPSA) is 61.0 Å². The summed E-state index contributed by atoms with van der Waals surface area (Å²) in [6.07, 6.45) is 2.48. The average molecular weight is 409 g/mol. The monoisotopic (exact) mass is 408 g/mol. The van der Waals surface area contributed by atoms with Crippen molar-refractivity contribution in [1.29, 1.82) is 0 Å². The number of nitrogens with zero attached hydrogens (tertiary/aromatic N) is 2. The minimum Gasteiger partial charge on any atom is -0.353 e. The fraction of sp³-hybridized carbons (Fsp3) is 0.391. The Kier molecular flexibility index (Phi) is 6.52. The molecule has 1 aliphatic rings. The highest BCUT2D eigenvalue weighted by Gasteiger charge is 2.24. The summed E-state index contributed by atoms with van der Waals surface area (Å²) in [4.78, 5) is 23.0. The van der Waals surface area contributed by atoms with Gasteiger partial charge in [-0.25, -0.2) is 4.98 Å². The van der Waals surface area contributed by atoms with Crippen molar-refractivity contribution >= 4 is 28.7 Å². The summed E-state index contributed by atoms with van der Waals surface area (Å²) in [6.45, 7) is 4.95. The molecule has 2 heterocycles. The number of benzene rings is 2. The van der Waals surface area contributed by atoms with Crippen LogP contribution in [0.5, 0.6) is 0 Å². The van der Waals surface area contributed by atoms with E-state index in [1.807, 2.05) is 30.3 Å². The number of hydrogen-bond acceptors (Lipinski definition) is 4. The Bertz CT molecular complexity index is 903. The zero-order chi connectivity index (χ0) is 20.1. The molecule has 0 spiro atoms. The van der Waals surface area contributed by atoms with E-state index in [1.54, 1.807) is 11.8 Å². The summed E-state index contributed by atoms with van der Waals surface area (Å²) in [5, 5.41) is 3.30. The number of rotatable bonds is 8. The van der Waals surface area contributed by atoms with E-state index in [0.29, 0.717) is 12.3 Å². The number of hydrogen-bond donors (Lipinski definition) is 2. The maximum absolute atomic E-state index is 12.5. The zero-order valence-corrected chi connectivity index (χ0v) is 17.6. The number of fused-ring (bicyclic) bond motifs is 1. The number of aromatic amines is 1. The molecule has 1 aliphatic heterocycles. The van der Waals surface area contributed by atoms with Crippen LogP contribution in [0.1, 0.15) is 42.4 Å². The molecule has 0 radical (unpaired) electrons. The second-order valence-electron chi connectivity index (χ2n) is 7.57. The number of carbonyl (C=O) groups excluding carboxylic acids is 1. The Morgan fingerprint density at radius 3 is 2.62 bits per heavy atom. The minimum atomic E-state index is 0.0816. The molecule has 0 aliphatic carbocycles. The first-order valence-corrected chi connectivity index (χ1v) is 11.4. The van der Waals surface area contributed by atoms with Crippen molar-refractivity contribution in [3.63, 3.8) is 0 Å². The Hall–Kier alpha value is -2.31. The number of likely N-dealkylation sites (tertiary alicyclic amines) is 1. The third-order valence-electron chi connectivity index (χ3n) is 5.52. The van der Waals surface area contributed by atoms with E-state index in [2.05, 4.69) is 51.4 Å². The third-order valence-corrected chi connectivity index (χ3v) is 6.67. The standard InChI is InChI=1S/C23H28N4OS/c1-17(23-25-19-11-5-6-12-20(19)26-23)29-16-22(28)24-15-21(27-13-7-8-14-27)18-9-3-2-4-10-18/h2-6,9-12,17,21H,7-8,13-16H2,1H3,(H,24,28)(H,25,26). The summed E-state index contributed by atoms with van der Waals surface area (Å²) in [7, 11) is 0. The molecule has 152 valence electrons. The van der Waals surface area contributed by atoms with Crippen molar-refractivity contribution in [2.45, 2.75) is 31.1 Å². The maximum Gasteiger partial charge on any atom is 0.230 e. The van der Waals surface area contributed by atoms with Crippen molar-refractivity contribution in [1.82, 2.24) is 20.2 Å². The number of para-hydroxylation sites is 2. The number of H-pyrrole nitrogens is 1. The van der Waals surface area contributed by atoms with Gasteiger partial charge in [0.1, 0.15) is 5.82 Å². The predicted molar refractivity (Wildman–Crippen MR) is 120 cm³/mol. The number of nitrogens with one attached hydrogen (secondary N) is 2. The van der Waals surface area contributed by atoms with Crippen LogP contribution in [0.25, 0.3) is 11.0 Å². The maximum atomic E-state index is 12.5. The molecule has 5 nitrogen and oxygen atoms in total. The van der Waals surface area contributed by atoms with E-state index in [4.69, 9.17) is 0 Å². The number of thioether (sulfide) groups is 1. The van der Waals surface area contributed by atoms with Crippen molar-refractivity contribution in [3.05, 3.63) is 66.0 Å². The van der Waals surface area contributed by atoms with E-state index in [0.717, 1.165) is 29.9 Å². The molecule has 1 saturated heterocycles. The van der Waals surface area contributed by atoms with Gasteiger partial charge in [-0.15, -0.1) is 11.8 Å². The van der Waals surface area contributed by atoms with Crippen LogP contribution in [0.15, 0.2) is 54.6 Å². The van der Waals surface area contributed by atoms with Crippen molar-refractivity contribution in [2.75, 3.05) is 25.4 Å². The Morgan fingerprint density at radius 1 is 1.14 bits per heavy atom. The summed E-state index contributed by atoms with van der Waals surface area (Å²) < 4.78 is 0. The molecule has 6 heteroatoms. The molecular weight excluding hydrogens is 380 g/mol. The second kappa shape index (κ2) is 9.46. The van der Waals surface area contributed by atoms with E-state index < -0.39 is 0 Å². The Morgan fingerprint density at radius 2 is 1.86 bits per heavy atom. The van der Waals surface area contributed by atoms with Crippen LogP contribution in [-0.4, -0.2) is 46.2 Å². The highest BCUT2D eigenvalue weighted by Crippen LogP contribution is 2.28. The van der Waals surface area contributed by atoms with Gasteiger partial charge in [-0.1, -0.05) is 42.5 Å². The van der Waals surface area contributed by atoms with Gasteiger partial charge < -0.3 is 10.3 Å². The zero-order valence-electron chi connectivity index (χ0n) is 16.8. The molecule has 2 unspecified atom stereocenters. The van der Waals surface area contributed by atoms with E-state index in [9.17, 15) is 4.79 Å². The van der Waals surface area contributed by atoms with Gasteiger partial charge in [-0.2, -0.15) is 0 Å². The first-order chi connectivity index (χ1) is 14.2. The van der Waals surface area contributed by atoms with E-state index in [1.165, 1.54) is 18.4 Å². The molecule has 2 N–H and O–H groups in total. The van der Waals surface area contributed by atoms with Gasteiger partial charge in [-0.3, -0.25) is 9.69 Å². The van der Waals surface area contributed by atoms with Crippen LogP contribution in [0, 0.1) is 0 Å². The Labute approximate surface area is 176 Å². The molecule has 1 fully saturated rings. The highest BCUT2D eigenvalue weighted by molar-refractivity contribution is 8.00. The number of imidazole rings is 1. The molecule has 0 saturated carbocycles. The van der Waals surface area contributed by atoms with Gasteiger partial charge in [0.2, 0.25) is 5.91 Å². The predicted octanol–water partition coefficient (Wildman–Crippen LogP) is 4.31. The van der Waals surface area contributed by atoms with Crippen LogP contribution < -0.4 is 5.32 Å². The van der Waals surface area contributed by atoms with Gasteiger partial charge in [0.15, 0.2) is 0 Å². The first-order valence-electron chi connectivity index (χ1n) is 10.3. The van der Waals surface area contributed by atoms with Gasteiger partial charge in [0.25, 0.3) is 0 Å². The number of aromatic nitrogens is 2. The Balaban J connectivity index is 1.31. The molecule has 3 aromatic rings. The smallest absolute Gasteiger partial charge is 0.230 e. The summed E-state index contributed by atoms with van der Waals surface area (Å²) in [5.74, 6) is 1.43. The lowest BCUT2D eigenvalue weighted by atomic mass is 10.1. The van der Waals surface area contributed by atoms with Crippen LogP contribution in [0.4, 0.5) is 0 Å². The van der Waals surface area contributed by atoms with E-state index in [-0.39, 0.29) is 17.2 Å². The first kappa shape index (κ1) is 20.0. The summed E-state index contributed by atoms with van der Waals surface area (Å²) >= 11 is 1.61. The molecule has 2 atom stereocenters. The number of amides is 1. The lowest BCUT2D eigenvalue weighted by Crippen LogP contribution is -2.37. The molecule has 0 bridgehead atoms. The van der Waals surface area contributed by atoms with Crippen LogP contribution in [0.3, 0.4) is 0 Å². The lowest BCUT2D eigenvalue weighted by Gasteiger charge is -2.28. The second-order valence-corrected chi connectivity index (χ2v) is 8.90. The van der Waals surface area contributed by atoms with Crippen LogP contribution in [0.2, 0.25) is 0 Å². The molecule has 1 aromatic heterocycles. The van der Waals surface area contributed by atoms with Gasteiger partial charge >= 0.3 is 0 Å². The SMILES string of the molecule is CC(SCC(=O)NCC(c1ccccc1)N1CCCC1)c1nc2ccccc2[nH]1. The minimum absolute atomic E-state index is 0.0816. The molecule has 29 heavy (non-hydrogen) atoms. The third kappa shape index (κ3) is 5.00.